The van der Waals surface area contributed by atoms with Crippen molar-refractivity contribution < 1.29 is 9.59 Å². The van der Waals surface area contributed by atoms with Gasteiger partial charge in [0.1, 0.15) is 11.6 Å². The summed E-state index contributed by atoms with van der Waals surface area (Å²) in [5, 5.41) is 16.1. The van der Waals surface area contributed by atoms with Crippen molar-refractivity contribution in [2.45, 2.75) is 66.6 Å². The van der Waals surface area contributed by atoms with Crippen molar-refractivity contribution in [3.63, 3.8) is 0 Å². The Balaban J connectivity index is 1.65. The number of likely N-dealkylation sites (tertiary alicyclic amines) is 1. The molecule has 2 N–H and O–H groups in total. The minimum absolute atomic E-state index is 0.0959. The van der Waals surface area contributed by atoms with Crippen LogP contribution in [0.5, 0.6) is 0 Å². The van der Waals surface area contributed by atoms with Crippen LogP contribution < -0.4 is 10.6 Å². The molecule has 1 aromatic carbocycles. The number of nitrogens with zero attached hydrogens (tertiary/aromatic N) is 5. The molecule has 9 heteroatoms. The number of pyridine rings is 1. The van der Waals surface area contributed by atoms with E-state index in [2.05, 4.69) is 48.5 Å². The van der Waals surface area contributed by atoms with Gasteiger partial charge < -0.3 is 14.8 Å². The lowest BCUT2D eigenvalue weighted by atomic mass is 9.97. The number of hydrogen-bond acceptors (Lipinski definition) is 6. The maximum absolute atomic E-state index is 13.3. The highest BCUT2D eigenvalue weighted by atomic mass is 16.2. The van der Waals surface area contributed by atoms with Crippen molar-refractivity contribution in [2.24, 2.45) is 11.3 Å². The molecule has 0 spiro atoms. The zero-order valence-electron chi connectivity index (χ0n) is 24.1. The second-order valence-electron chi connectivity index (χ2n) is 12.0. The number of nitrogens with one attached hydrogen (secondary N) is 2. The van der Waals surface area contributed by atoms with E-state index >= 15 is 0 Å². The van der Waals surface area contributed by atoms with Crippen LogP contribution in [0.2, 0.25) is 0 Å². The van der Waals surface area contributed by atoms with Gasteiger partial charge in [0.25, 0.3) is 11.8 Å². The standard InChI is InChI=1S/C31H39N7O2/c1-21(2)14-24(16-32)29(40)37-13-7-9-25(37)19-38-27-11-10-22(17-34-20-31(3,4)5)15-26(27)35-30(38)36-28(39)23-8-6-12-33-18-23/h6,8,10-12,14-15,18,21,25,34H,7,9,13,17,19-20H2,1-5H3,(H,35,36,39)/b24-14+/t25-/m1/s1. The lowest BCUT2D eigenvalue weighted by Crippen LogP contribution is -2.39. The van der Waals surface area contributed by atoms with Gasteiger partial charge in [-0.15, -0.1) is 0 Å². The molecular weight excluding hydrogens is 502 g/mol. The van der Waals surface area contributed by atoms with Gasteiger partial charge in [0.05, 0.1) is 22.6 Å². The van der Waals surface area contributed by atoms with E-state index in [0.717, 1.165) is 36.0 Å². The third-order valence-electron chi connectivity index (χ3n) is 6.83. The van der Waals surface area contributed by atoms with Gasteiger partial charge in [0, 0.05) is 38.6 Å². The fourth-order valence-electron chi connectivity index (χ4n) is 4.97. The summed E-state index contributed by atoms with van der Waals surface area (Å²) in [4.78, 5) is 37.0. The minimum Gasteiger partial charge on any atom is -0.333 e. The summed E-state index contributed by atoms with van der Waals surface area (Å²) < 4.78 is 1.98. The topological polar surface area (TPSA) is 116 Å². The second kappa shape index (κ2) is 12.4. The van der Waals surface area contributed by atoms with Crippen molar-refractivity contribution in [1.29, 1.82) is 5.26 Å². The number of amides is 2. The molecule has 3 heterocycles. The minimum atomic E-state index is -0.303. The molecule has 2 aromatic heterocycles. The van der Waals surface area contributed by atoms with Crippen LogP contribution in [-0.4, -0.2) is 50.4 Å². The van der Waals surface area contributed by atoms with Gasteiger partial charge in [0.2, 0.25) is 5.95 Å². The highest BCUT2D eigenvalue weighted by Crippen LogP contribution is 2.27. The normalized spacial score (nSPS) is 16.0. The predicted molar refractivity (Wildman–Crippen MR) is 156 cm³/mol. The molecule has 3 aromatic rings. The Labute approximate surface area is 236 Å². The van der Waals surface area contributed by atoms with E-state index < -0.39 is 0 Å². The Morgan fingerprint density at radius 2 is 2.05 bits per heavy atom. The van der Waals surface area contributed by atoms with Crippen LogP contribution in [0.25, 0.3) is 11.0 Å². The van der Waals surface area contributed by atoms with Gasteiger partial charge in [-0.1, -0.05) is 46.8 Å². The van der Waals surface area contributed by atoms with Crippen LogP contribution in [0.15, 0.2) is 54.4 Å². The molecule has 1 aliphatic heterocycles. The first kappa shape index (κ1) is 29.0. The molecule has 1 aliphatic rings. The maximum Gasteiger partial charge on any atom is 0.264 e. The molecule has 0 aliphatic carbocycles. The summed E-state index contributed by atoms with van der Waals surface area (Å²) in [5.41, 5.74) is 3.53. The summed E-state index contributed by atoms with van der Waals surface area (Å²) in [6, 6.07) is 11.5. The summed E-state index contributed by atoms with van der Waals surface area (Å²) in [6.45, 7) is 13.1. The smallest absolute Gasteiger partial charge is 0.264 e. The second-order valence-corrected chi connectivity index (χ2v) is 12.0. The van der Waals surface area contributed by atoms with Crippen LogP contribution in [-0.2, 0) is 17.9 Å². The summed E-state index contributed by atoms with van der Waals surface area (Å²) >= 11 is 0. The third kappa shape index (κ3) is 7.13. The van der Waals surface area contributed by atoms with Crippen molar-refractivity contribution in [3.05, 3.63) is 65.5 Å². The molecule has 0 radical (unpaired) electrons. The number of anilines is 1. The largest absolute Gasteiger partial charge is 0.333 e. The number of allylic oxidation sites excluding steroid dienone is 1. The van der Waals surface area contributed by atoms with Crippen LogP contribution in [0, 0.1) is 22.7 Å². The number of rotatable bonds is 9. The Morgan fingerprint density at radius 3 is 2.73 bits per heavy atom. The number of carbonyl (C=O) groups is 2. The van der Waals surface area contributed by atoms with E-state index in [1.807, 2.05) is 30.5 Å². The molecule has 1 fully saturated rings. The first-order chi connectivity index (χ1) is 19.1. The number of carbonyl (C=O) groups excluding carboxylic acids is 2. The Bertz CT molecular complexity index is 1430. The molecule has 1 atom stereocenters. The van der Waals surface area contributed by atoms with E-state index in [1.165, 1.54) is 6.20 Å². The van der Waals surface area contributed by atoms with Crippen LogP contribution in [0.4, 0.5) is 5.95 Å². The van der Waals surface area contributed by atoms with E-state index in [-0.39, 0.29) is 34.8 Å². The van der Waals surface area contributed by atoms with Crippen molar-refractivity contribution in [1.82, 2.24) is 24.8 Å². The molecule has 4 rings (SSSR count). The SMILES string of the molecule is CC(C)/C=C(\C#N)C(=O)N1CCC[C@@H]1Cn1c(NC(=O)c2cccnc2)nc2cc(CNCC(C)(C)C)ccc21. The average molecular weight is 542 g/mol. The van der Waals surface area contributed by atoms with E-state index in [4.69, 9.17) is 4.98 Å². The van der Waals surface area contributed by atoms with Crippen LogP contribution >= 0.6 is 0 Å². The van der Waals surface area contributed by atoms with Gasteiger partial charge in [-0.2, -0.15) is 5.26 Å². The molecular formula is C31H39N7O2. The first-order valence-corrected chi connectivity index (χ1v) is 13.9. The average Bonchev–Trinajstić information content (AvgIpc) is 3.51. The van der Waals surface area contributed by atoms with E-state index in [0.29, 0.717) is 31.1 Å². The van der Waals surface area contributed by atoms with Crippen LogP contribution in [0.3, 0.4) is 0 Å². The number of nitriles is 1. The molecule has 0 unspecified atom stereocenters. The van der Waals surface area contributed by atoms with Crippen molar-refractivity contribution in [2.75, 3.05) is 18.4 Å². The van der Waals surface area contributed by atoms with E-state index in [1.54, 1.807) is 29.3 Å². The molecule has 2 amide bonds. The molecule has 1 saturated heterocycles. The van der Waals surface area contributed by atoms with Crippen molar-refractivity contribution in [3.8, 4) is 6.07 Å². The molecule has 9 nitrogen and oxygen atoms in total. The summed E-state index contributed by atoms with van der Waals surface area (Å²) in [5.74, 6) is -0.0289. The van der Waals surface area contributed by atoms with Gasteiger partial charge >= 0.3 is 0 Å². The Hall–Kier alpha value is -4.03. The lowest BCUT2D eigenvalue weighted by Gasteiger charge is -2.26. The first-order valence-electron chi connectivity index (χ1n) is 13.9. The highest BCUT2D eigenvalue weighted by Gasteiger charge is 2.32. The zero-order valence-corrected chi connectivity index (χ0v) is 24.1. The molecule has 0 saturated carbocycles. The highest BCUT2D eigenvalue weighted by molar-refractivity contribution is 6.04. The quantitative estimate of drug-likeness (QED) is 0.294. The van der Waals surface area contributed by atoms with Crippen LogP contribution in [0.1, 0.15) is 63.4 Å². The zero-order chi connectivity index (χ0) is 28.9. The predicted octanol–water partition coefficient (Wildman–Crippen LogP) is 4.92. The molecule has 40 heavy (non-hydrogen) atoms. The maximum atomic E-state index is 13.3. The Morgan fingerprint density at radius 1 is 1.25 bits per heavy atom. The molecule has 0 bridgehead atoms. The van der Waals surface area contributed by atoms with Crippen molar-refractivity contribution >= 4 is 28.8 Å². The van der Waals surface area contributed by atoms with Gasteiger partial charge in [-0.05, 0) is 54.0 Å². The lowest BCUT2D eigenvalue weighted by molar-refractivity contribution is -0.127. The van der Waals surface area contributed by atoms with Gasteiger partial charge in [-0.25, -0.2) is 4.98 Å². The third-order valence-corrected chi connectivity index (χ3v) is 6.83. The fourth-order valence-corrected chi connectivity index (χ4v) is 4.97. The number of hydrogen-bond donors (Lipinski definition) is 2. The number of aromatic nitrogens is 3. The van der Waals surface area contributed by atoms with Gasteiger partial charge in [-0.3, -0.25) is 19.9 Å². The number of fused-ring (bicyclic) bond motifs is 1. The summed E-state index contributed by atoms with van der Waals surface area (Å²) in [7, 11) is 0. The molecule has 210 valence electrons. The Kier molecular flexibility index (Phi) is 9.00. The van der Waals surface area contributed by atoms with E-state index in [9.17, 15) is 14.9 Å². The number of imidazole rings is 1. The van der Waals surface area contributed by atoms with Gasteiger partial charge in [0.15, 0.2) is 0 Å². The monoisotopic (exact) mass is 541 g/mol. The summed E-state index contributed by atoms with van der Waals surface area (Å²) in [6.07, 6.45) is 6.51. The number of benzene rings is 1. The fraction of sp³-hybridized carbons (Fsp3) is 0.452.